The number of para-hydroxylation sites is 1. The van der Waals surface area contributed by atoms with Gasteiger partial charge in [0.1, 0.15) is 5.75 Å². The highest BCUT2D eigenvalue weighted by molar-refractivity contribution is 6.32. The van der Waals surface area contributed by atoms with Gasteiger partial charge in [0.2, 0.25) is 0 Å². The van der Waals surface area contributed by atoms with Crippen LogP contribution in [0.5, 0.6) is 5.75 Å². The van der Waals surface area contributed by atoms with Crippen LogP contribution in [0.1, 0.15) is 49.3 Å². The first kappa shape index (κ1) is 37.0. The summed E-state index contributed by atoms with van der Waals surface area (Å²) >= 11 is 6.01. The molecule has 3 aliphatic heterocycles. The number of halogens is 4. The lowest BCUT2D eigenvalue weighted by atomic mass is 10.00. The Labute approximate surface area is 309 Å². The standard InChI is InChI=1S/C37H43ClF3N7O5/c1-44-11-4-12-45(18-17-44)24-7-13-46(14-8-24)34(50)31(21-23-19-27(37(39,40)41)33(49)28(38)20-23)53-36(52)47-15-9-25(10-16-47)48-30-22-42-29-6-3-2-5-26(29)32(30)43-35(48)51/h2-3,5-6,19-20,22,24-25,31,49H,4,7-18,21H2,1H3,(H,43,51). The molecule has 53 heavy (non-hydrogen) atoms. The van der Waals surface area contributed by atoms with Gasteiger partial charge in [0.05, 0.1) is 33.3 Å². The molecule has 2 aromatic heterocycles. The first-order chi connectivity index (χ1) is 25.4. The van der Waals surface area contributed by atoms with Crippen molar-refractivity contribution in [1.82, 2.24) is 34.1 Å². The summed E-state index contributed by atoms with van der Waals surface area (Å²) in [6.45, 7) is 5.22. The lowest BCUT2D eigenvalue weighted by Crippen LogP contribution is -2.51. The molecule has 3 saturated heterocycles. The van der Waals surface area contributed by atoms with E-state index >= 15 is 0 Å². The average molecular weight is 758 g/mol. The highest BCUT2D eigenvalue weighted by Crippen LogP contribution is 2.41. The van der Waals surface area contributed by atoms with E-state index in [1.54, 1.807) is 15.7 Å². The molecule has 1 unspecified atom stereocenters. The number of benzene rings is 2. The number of aromatic amines is 1. The van der Waals surface area contributed by atoms with Crippen LogP contribution >= 0.6 is 11.6 Å². The number of phenols is 1. The van der Waals surface area contributed by atoms with Gasteiger partial charge in [-0.3, -0.25) is 19.2 Å². The number of likely N-dealkylation sites (tertiary alicyclic amines) is 2. The third kappa shape index (κ3) is 7.83. The molecule has 2 aromatic carbocycles. The monoisotopic (exact) mass is 757 g/mol. The Kier molecular flexibility index (Phi) is 10.6. The van der Waals surface area contributed by atoms with Crippen molar-refractivity contribution in [3.63, 3.8) is 0 Å². The topological polar surface area (TPSA) is 127 Å². The number of aromatic nitrogens is 3. The van der Waals surface area contributed by atoms with E-state index in [1.165, 1.54) is 4.90 Å². The van der Waals surface area contributed by atoms with Gasteiger partial charge in [-0.25, -0.2) is 9.59 Å². The summed E-state index contributed by atoms with van der Waals surface area (Å²) in [7, 11) is 2.11. The van der Waals surface area contributed by atoms with Crippen molar-refractivity contribution in [2.24, 2.45) is 0 Å². The summed E-state index contributed by atoms with van der Waals surface area (Å²) in [5.41, 5.74) is 0.497. The molecular weight excluding hydrogens is 715 g/mol. The second-order valence-electron chi connectivity index (χ2n) is 14.4. The zero-order valence-corrected chi connectivity index (χ0v) is 30.2. The maximum Gasteiger partial charge on any atom is 0.420 e. The number of ether oxygens (including phenoxy) is 1. The van der Waals surface area contributed by atoms with E-state index < -0.39 is 40.6 Å². The molecule has 4 aromatic rings. The van der Waals surface area contributed by atoms with Crippen LogP contribution in [0.15, 0.2) is 47.4 Å². The summed E-state index contributed by atoms with van der Waals surface area (Å²) in [5.74, 6) is -1.60. The Morgan fingerprint density at radius 2 is 1.68 bits per heavy atom. The minimum atomic E-state index is -4.90. The number of amides is 2. The molecule has 2 amide bonds. The number of H-pyrrole nitrogens is 1. The van der Waals surface area contributed by atoms with Crippen LogP contribution in [-0.2, 0) is 22.1 Å². The van der Waals surface area contributed by atoms with Gasteiger partial charge in [-0.15, -0.1) is 0 Å². The predicted molar refractivity (Wildman–Crippen MR) is 193 cm³/mol. The van der Waals surface area contributed by atoms with E-state index in [-0.39, 0.29) is 36.8 Å². The number of alkyl halides is 3. The lowest BCUT2D eigenvalue weighted by Gasteiger charge is -2.39. The number of pyridine rings is 1. The van der Waals surface area contributed by atoms with Crippen molar-refractivity contribution in [2.75, 3.05) is 59.4 Å². The Balaban J connectivity index is 1.06. The minimum Gasteiger partial charge on any atom is -0.506 e. The number of hydrogen-bond donors (Lipinski definition) is 2. The van der Waals surface area contributed by atoms with Gasteiger partial charge in [-0.2, -0.15) is 13.2 Å². The zero-order chi connectivity index (χ0) is 37.4. The average Bonchev–Trinajstić information content (AvgIpc) is 3.33. The number of fused-ring (bicyclic) bond motifs is 3. The minimum absolute atomic E-state index is 0.00611. The van der Waals surface area contributed by atoms with Crippen LogP contribution in [0.2, 0.25) is 5.02 Å². The van der Waals surface area contributed by atoms with E-state index in [0.717, 1.165) is 68.5 Å². The molecule has 3 fully saturated rings. The van der Waals surface area contributed by atoms with Crippen molar-refractivity contribution in [3.05, 3.63) is 69.2 Å². The largest absolute Gasteiger partial charge is 0.506 e. The maximum absolute atomic E-state index is 14.1. The SMILES string of the molecule is CN1CCCN(C2CCN(C(=O)C(Cc3cc(Cl)c(O)c(C(F)(F)F)c3)OC(=O)N3CCC(n4c(=O)[nH]c5c6ccccc6ncc54)CC3)CC2)CC1. The Hall–Kier alpha value is -4.34. The number of carbonyl (C=O) groups excluding carboxylic acids is 2. The number of piperidine rings is 2. The van der Waals surface area contributed by atoms with E-state index in [2.05, 4.69) is 26.8 Å². The van der Waals surface area contributed by atoms with Gasteiger partial charge in [0.15, 0.2) is 6.10 Å². The number of likely N-dealkylation sites (N-methyl/N-ethyl adjacent to an activating group) is 1. The first-order valence-electron chi connectivity index (χ1n) is 18.1. The van der Waals surface area contributed by atoms with Gasteiger partial charge in [0.25, 0.3) is 5.91 Å². The van der Waals surface area contributed by atoms with Crippen LogP contribution in [-0.4, -0.2) is 123 Å². The Bertz CT molecular complexity index is 2040. The first-order valence-corrected chi connectivity index (χ1v) is 18.5. The highest BCUT2D eigenvalue weighted by Gasteiger charge is 2.38. The van der Waals surface area contributed by atoms with Gasteiger partial charge in [-0.1, -0.05) is 29.8 Å². The zero-order valence-electron chi connectivity index (χ0n) is 29.4. The van der Waals surface area contributed by atoms with Gasteiger partial charge < -0.3 is 29.5 Å². The molecule has 7 rings (SSSR count). The molecule has 284 valence electrons. The molecule has 1 atom stereocenters. The molecule has 12 nitrogen and oxygen atoms in total. The third-order valence-corrected chi connectivity index (χ3v) is 11.3. The fourth-order valence-corrected chi connectivity index (χ4v) is 8.30. The quantitative estimate of drug-likeness (QED) is 0.273. The third-order valence-electron chi connectivity index (χ3n) is 11.0. The molecule has 16 heteroatoms. The molecule has 0 radical (unpaired) electrons. The van der Waals surface area contributed by atoms with E-state index in [4.69, 9.17) is 16.3 Å². The summed E-state index contributed by atoms with van der Waals surface area (Å²) in [6, 6.07) is 9.49. The van der Waals surface area contributed by atoms with E-state index in [1.807, 2.05) is 24.3 Å². The molecule has 2 N–H and O–H groups in total. The molecule has 3 aliphatic rings. The normalized spacial score (nSPS) is 19.5. The second kappa shape index (κ2) is 15.2. The second-order valence-corrected chi connectivity index (χ2v) is 14.8. The van der Waals surface area contributed by atoms with Gasteiger partial charge in [-0.05, 0) is 76.0 Å². The summed E-state index contributed by atoms with van der Waals surface area (Å²) in [5, 5.41) is 10.4. The van der Waals surface area contributed by atoms with Crippen molar-refractivity contribution in [2.45, 2.75) is 62.9 Å². The number of aromatic hydroxyl groups is 1. The number of phenolic OH excluding ortho intramolecular Hbond substituents is 1. The number of imidazole rings is 1. The maximum atomic E-state index is 14.1. The molecule has 5 heterocycles. The number of hydrogen-bond acceptors (Lipinski definition) is 8. The van der Waals surface area contributed by atoms with Gasteiger partial charge >= 0.3 is 18.0 Å². The van der Waals surface area contributed by atoms with Crippen LogP contribution in [0.25, 0.3) is 21.9 Å². The summed E-state index contributed by atoms with van der Waals surface area (Å²) < 4.78 is 48.9. The fraction of sp³-hybridized carbons (Fsp3) is 0.514. The van der Waals surface area contributed by atoms with Gasteiger partial charge in [0, 0.05) is 63.2 Å². The van der Waals surface area contributed by atoms with E-state index in [9.17, 15) is 32.7 Å². The lowest BCUT2D eigenvalue weighted by molar-refractivity contribution is -0.142. The van der Waals surface area contributed by atoms with Crippen LogP contribution < -0.4 is 5.69 Å². The molecule has 0 spiro atoms. The van der Waals surface area contributed by atoms with Crippen molar-refractivity contribution in [1.29, 1.82) is 0 Å². The molecule has 0 saturated carbocycles. The van der Waals surface area contributed by atoms with Crippen LogP contribution in [0.3, 0.4) is 0 Å². The van der Waals surface area contributed by atoms with Crippen molar-refractivity contribution < 1.29 is 32.6 Å². The van der Waals surface area contributed by atoms with Crippen LogP contribution in [0.4, 0.5) is 18.0 Å². The van der Waals surface area contributed by atoms with Crippen LogP contribution in [0, 0.1) is 0 Å². The summed E-state index contributed by atoms with van der Waals surface area (Å²) in [4.78, 5) is 56.2. The Morgan fingerprint density at radius 1 is 0.981 bits per heavy atom. The summed E-state index contributed by atoms with van der Waals surface area (Å²) in [6.07, 6.45) is -2.43. The van der Waals surface area contributed by atoms with E-state index in [0.29, 0.717) is 43.0 Å². The van der Waals surface area contributed by atoms with Crippen molar-refractivity contribution in [3.8, 4) is 5.75 Å². The molecule has 0 aliphatic carbocycles. The fourth-order valence-electron chi connectivity index (χ4n) is 8.06. The number of carbonyl (C=O) groups is 2. The number of nitrogens with zero attached hydrogens (tertiary/aromatic N) is 6. The van der Waals surface area contributed by atoms with Crippen molar-refractivity contribution >= 4 is 45.5 Å². The smallest absolute Gasteiger partial charge is 0.420 e. The number of nitrogens with one attached hydrogen (secondary N) is 1. The highest BCUT2D eigenvalue weighted by atomic mass is 35.5. The Morgan fingerprint density at radius 3 is 2.42 bits per heavy atom. The predicted octanol–water partition coefficient (Wildman–Crippen LogP) is 5.27. The molecule has 0 bridgehead atoms. The number of rotatable bonds is 6. The molecular formula is C37H43ClF3N7O5.